The molecule has 0 saturated heterocycles. The maximum absolute atomic E-state index is 11.9. The minimum absolute atomic E-state index is 0.0858. The molecule has 0 aliphatic heterocycles. The van der Waals surface area contributed by atoms with Crippen LogP contribution in [0.1, 0.15) is 32.6 Å². The largest absolute Gasteiger partial charge is 0.355 e. The monoisotopic (exact) mass is 332 g/mol. The van der Waals surface area contributed by atoms with Crippen LogP contribution in [0.15, 0.2) is 29.2 Å². The van der Waals surface area contributed by atoms with Gasteiger partial charge in [-0.2, -0.15) is 0 Å². The molecule has 1 aromatic rings. The molecule has 0 aromatic heterocycles. The van der Waals surface area contributed by atoms with Gasteiger partial charge in [-0.25, -0.2) is 13.1 Å². The molecule has 5 nitrogen and oxygen atoms in total. The molecule has 1 rings (SSSR count). The second-order valence-electron chi connectivity index (χ2n) is 4.69. The minimum Gasteiger partial charge on any atom is -0.355 e. The molecule has 7 heteroatoms. The van der Waals surface area contributed by atoms with E-state index in [1.807, 2.05) is 0 Å². The van der Waals surface area contributed by atoms with E-state index in [0.717, 1.165) is 25.7 Å². The molecule has 2 N–H and O–H groups in total. The Labute approximate surface area is 131 Å². The number of carbonyl (C=O) groups excluding carboxylic acids is 1. The van der Waals surface area contributed by atoms with E-state index in [0.29, 0.717) is 11.6 Å². The molecule has 0 bridgehead atoms. The van der Waals surface area contributed by atoms with Crippen molar-refractivity contribution < 1.29 is 13.2 Å². The molecule has 0 saturated carbocycles. The van der Waals surface area contributed by atoms with Gasteiger partial charge in [-0.15, -0.1) is 0 Å². The Morgan fingerprint density at radius 1 is 1.14 bits per heavy atom. The number of amides is 1. The molecule has 21 heavy (non-hydrogen) atoms. The molecule has 1 amide bonds. The van der Waals surface area contributed by atoms with Crippen molar-refractivity contribution in [2.45, 2.75) is 37.5 Å². The fourth-order valence-electron chi connectivity index (χ4n) is 1.70. The van der Waals surface area contributed by atoms with Crippen molar-refractivity contribution in [1.29, 1.82) is 0 Å². The zero-order chi connectivity index (χ0) is 15.7. The quantitative estimate of drug-likeness (QED) is 0.681. The predicted molar refractivity (Wildman–Crippen MR) is 83.8 cm³/mol. The van der Waals surface area contributed by atoms with Gasteiger partial charge in [0.1, 0.15) is 0 Å². The van der Waals surface area contributed by atoms with E-state index in [-0.39, 0.29) is 17.3 Å². The summed E-state index contributed by atoms with van der Waals surface area (Å²) in [4.78, 5) is 11.6. The summed E-state index contributed by atoms with van der Waals surface area (Å²) in [7, 11) is -3.68. The summed E-state index contributed by atoms with van der Waals surface area (Å²) in [5.41, 5.74) is 0. The summed E-state index contributed by atoms with van der Waals surface area (Å²) < 4.78 is 26.1. The summed E-state index contributed by atoms with van der Waals surface area (Å²) in [6, 6.07) is 5.77. The van der Waals surface area contributed by atoms with E-state index < -0.39 is 10.0 Å². The average Bonchev–Trinajstić information content (AvgIpc) is 2.45. The Morgan fingerprint density at radius 2 is 1.81 bits per heavy atom. The zero-order valence-electron chi connectivity index (χ0n) is 12.1. The molecule has 0 fully saturated rings. The van der Waals surface area contributed by atoms with E-state index in [1.165, 1.54) is 24.3 Å². The van der Waals surface area contributed by atoms with Crippen molar-refractivity contribution in [3.63, 3.8) is 0 Å². The molecule has 0 heterocycles. The lowest BCUT2D eigenvalue weighted by atomic mass is 10.2. The summed E-state index contributed by atoms with van der Waals surface area (Å²) >= 11 is 5.70. The molecule has 0 radical (unpaired) electrons. The SMILES string of the molecule is CCCCCCNC(=O)CNS(=O)(=O)c1ccc(Cl)cc1. The molecule has 0 spiro atoms. The molecule has 0 aliphatic rings. The zero-order valence-corrected chi connectivity index (χ0v) is 13.6. The van der Waals surface area contributed by atoms with Crippen LogP contribution >= 0.6 is 11.6 Å². The molecular formula is C14H21ClN2O3S. The summed E-state index contributed by atoms with van der Waals surface area (Å²) in [5, 5.41) is 3.14. The van der Waals surface area contributed by atoms with E-state index in [1.54, 1.807) is 0 Å². The lowest BCUT2D eigenvalue weighted by Crippen LogP contribution is -2.37. The molecular weight excluding hydrogens is 312 g/mol. The third kappa shape index (κ3) is 6.93. The molecule has 0 aliphatic carbocycles. The Kier molecular flexibility index (Phi) is 7.71. The van der Waals surface area contributed by atoms with Gasteiger partial charge in [0, 0.05) is 11.6 Å². The van der Waals surface area contributed by atoms with Crippen molar-refractivity contribution in [3.8, 4) is 0 Å². The van der Waals surface area contributed by atoms with Gasteiger partial charge in [0.25, 0.3) is 0 Å². The van der Waals surface area contributed by atoms with Crippen LogP contribution in [0, 0.1) is 0 Å². The Bertz CT molecular complexity index is 544. The van der Waals surface area contributed by atoms with E-state index >= 15 is 0 Å². The lowest BCUT2D eigenvalue weighted by Gasteiger charge is -2.08. The van der Waals surface area contributed by atoms with Crippen LogP contribution in [0.5, 0.6) is 0 Å². The molecule has 0 atom stereocenters. The van der Waals surface area contributed by atoms with Crippen LogP contribution in [-0.4, -0.2) is 27.4 Å². The first-order chi connectivity index (χ1) is 9.95. The number of hydrogen-bond donors (Lipinski definition) is 2. The van der Waals surface area contributed by atoms with Crippen LogP contribution in [0.25, 0.3) is 0 Å². The van der Waals surface area contributed by atoms with Gasteiger partial charge in [-0.1, -0.05) is 37.8 Å². The third-order valence-electron chi connectivity index (χ3n) is 2.90. The highest BCUT2D eigenvalue weighted by molar-refractivity contribution is 7.89. The van der Waals surface area contributed by atoms with Crippen LogP contribution < -0.4 is 10.0 Å². The number of rotatable bonds is 9. The Morgan fingerprint density at radius 3 is 2.43 bits per heavy atom. The van der Waals surface area contributed by atoms with Crippen molar-refractivity contribution >= 4 is 27.5 Å². The number of nitrogens with one attached hydrogen (secondary N) is 2. The first kappa shape index (κ1) is 17.9. The van der Waals surface area contributed by atoms with Gasteiger partial charge < -0.3 is 5.32 Å². The fraction of sp³-hybridized carbons (Fsp3) is 0.500. The molecule has 1 aromatic carbocycles. The van der Waals surface area contributed by atoms with Crippen LogP contribution in [-0.2, 0) is 14.8 Å². The first-order valence-electron chi connectivity index (χ1n) is 6.97. The van der Waals surface area contributed by atoms with Crippen molar-refractivity contribution in [2.24, 2.45) is 0 Å². The highest BCUT2D eigenvalue weighted by atomic mass is 35.5. The Balaban J connectivity index is 2.36. The highest BCUT2D eigenvalue weighted by Gasteiger charge is 2.14. The topological polar surface area (TPSA) is 75.3 Å². The van der Waals surface area contributed by atoms with Gasteiger partial charge in [0.15, 0.2) is 0 Å². The third-order valence-corrected chi connectivity index (χ3v) is 4.57. The van der Waals surface area contributed by atoms with E-state index in [9.17, 15) is 13.2 Å². The summed E-state index contributed by atoms with van der Waals surface area (Å²) in [6.07, 6.45) is 4.24. The minimum atomic E-state index is -3.68. The first-order valence-corrected chi connectivity index (χ1v) is 8.83. The van der Waals surface area contributed by atoms with Gasteiger partial charge in [-0.3, -0.25) is 4.79 Å². The number of carbonyl (C=O) groups is 1. The Hall–Kier alpha value is -1.11. The molecule has 118 valence electrons. The van der Waals surface area contributed by atoms with Crippen LogP contribution in [0.4, 0.5) is 0 Å². The van der Waals surface area contributed by atoms with Crippen molar-refractivity contribution in [2.75, 3.05) is 13.1 Å². The number of halogens is 1. The number of sulfonamides is 1. The standard InChI is InChI=1S/C14H21ClN2O3S/c1-2-3-4-5-10-16-14(18)11-17-21(19,20)13-8-6-12(15)7-9-13/h6-9,17H,2-5,10-11H2,1H3,(H,16,18). The summed E-state index contributed by atoms with van der Waals surface area (Å²) in [6.45, 7) is 2.42. The number of unbranched alkanes of at least 4 members (excludes halogenated alkanes) is 3. The van der Waals surface area contributed by atoms with Gasteiger partial charge >= 0.3 is 0 Å². The fourth-order valence-corrected chi connectivity index (χ4v) is 2.81. The average molecular weight is 333 g/mol. The second-order valence-corrected chi connectivity index (χ2v) is 6.89. The highest BCUT2D eigenvalue weighted by Crippen LogP contribution is 2.13. The van der Waals surface area contributed by atoms with Gasteiger partial charge in [0.05, 0.1) is 11.4 Å². The van der Waals surface area contributed by atoms with Crippen LogP contribution in [0.2, 0.25) is 5.02 Å². The predicted octanol–water partition coefficient (Wildman–Crippen LogP) is 2.31. The van der Waals surface area contributed by atoms with Gasteiger partial charge in [0.2, 0.25) is 15.9 Å². The summed E-state index contributed by atoms with van der Waals surface area (Å²) in [5.74, 6) is -0.330. The van der Waals surface area contributed by atoms with E-state index in [4.69, 9.17) is 11.6 Å². The number of hydrogen-bond acceptors (Lipinski definition) is 3. The van der Waals surface area contributed by atoms with Gasteiger partial charge in [-0.05, 0) is 30.7 Å². The van der Waals surface area contributed by atoms with Crippen molar-refractivity contribution in [1.82, 2.24) is 10.0 Å². The maximum atomic E-state index is 11.9. The normalized spacial score (nSPS) is 11.3. The molecule has 0 unspecified atom stereocenters. The number of benzene rings is 1. The maximum Gasteiger partial charge on any atom is 0.241 e. The van der Waals surface area contributed by atoms with E-state index in [2.05, 4.69) is 17.0 Å². The van der Waals surface area contributed by atoms with Crippen molar-refractivity contribution in [3.05, 3.63) is 29.3 Å². The second kappa shape index (κ2) is 9.02. The lowest BCUT2D eigenvalue weighted by molar-refractivity contribution is -0.119. The van der Waals surface area contributed by atoms with Crippen LogP contribution in [0.3, 0.4) is 0 Å². The smallest absolute Gasteiger partial charge is 0.241 e.